The molecule has 0 aromatic carbocycles. The lowest BCUT2D eigenvalue weighted by Crippen LogP contribution is -2.49. The molecule has 0 spiro atoms. The van der Waals surface area contributed by atoms with Gasteiger partial charge in [-0.3, -0.25) is 4.79 Å². The second-order valence-corrected chi connectivity index (χ2v) is 8.50. The maximum Gasteiger partial charge on any atom is 0.313 e. The molecule has 3 atom stereocenters. The van der Waals surface area contributed by atoms with Crippen LogP contribution >= 0.6 is 23.1 Å². The molecule has 2 aromatic heterocycles. The molecule has 4 rings (SSSR count). The second kappa shape index (κ2) is 7.41. The molecule has 0 aliphatic carbocycles. The minimum Gasteiger partial charge on any atom is -0.443 e. The SMILES string of the molecule is CC1CC2CSC(N)=NC2(c2nc(NC(=O)c3coc(C(F)F)n3)cs2)CO1. The number of thiazole rings is 1. The molecule has 2 aliphatic rings. The van der Waals surface area contributed by atoms with Gasteiger partial charge in [-0.15, -0.1) is 11.3 Å². The summed E-state index contributed by atoms with van der Waals surface area (Å²) in [5, 5.41) is 5.39. The van der Waals surface area contributed by atoms with E-state index in [0.29, 0.717) is 16.8 Å². The first-order chi connectivity index (χ1) is 13.4. The van der Waals surface area contributed by atoms with Crippen molar-refractivity contribution in [2.45, 2.75) is 31.4 Å². The lowest BCUT2D eigenvalue weighted by atomic mass is 9.80. The summed E-state index contributed by atoms with van der Waals surface area (Å²) in [7, 11) is 0. The van der Waals surface area contributed by atoms with Crippen molar-refractivity contribution < 1.29 is 22.7 Å². The maximum atomic E-state index is 12.6. The van der Waals surface area contributed by atoms with Crippen molar-refractivity contribution in [1.29, 1.82) is 0 Å². The summed E-state index contributed by atoms with van der Waals surface area (Å²) in [5.74, 6) is -0.168. The number of nitrogens with zero attached hydrogens (tertiary/aromatic N) is 3. The second-order valence-electron chi connectivity index (χ2n) is 6.60. The largest absolute Gasteiger partial charge is 0.443 e. The van der Waals surface area contributed by atoms with Gasteiger partial charge in [0.05, 0.1) is 12.7 Å². The molecule has 8 nitrogen and oxygen atoms in total. The van der Waals surface area contributed by atoms with E-state index in [1.165, 1.54) is 23.1 Å². The number of hydrogen-bond acceptors (Lipinski definition) is 9. The quantitative estimate of drug-likeness (QED) is 0.767. The zero-order chi connectivity index (χ0) is 19.9. The number of carbonyl (C=O) groups is 1. The van der Waals surface area contributed by atoms with E-state index in [9.17, 15) is 13.6 Å². The molecule has 1 amide bonds. The van der Waals surface area contributed by atoms with Crippen LogP contribution in [0.1, 0.15) is 41.2 Å². The van der Waals surface area contributed by atoms with Gasteiger partial charge in [0.25, 0.3) is 11.8 Å². The smallest absolute Gasteiger partial charge is 0.313 e. The van der Waals surface area contributed by atoms with E-state index in [-0.39, 0.29) is 23.5 Å². The van der Waals surface area contributed by atoms with Gasteiger partial charge in [-0.25, -0.2) is 15.0 Å². The van der Waals surface area contributed by atoms with E-state index in [0.717, 1.165) is 18.4 Å². The maximum absolute atomic E-state index is 12.6. The number of amidine groups is 1. The molecule has 0 bridgehead atoms. The average molecular weight is 429 g/mol. The van der Waals surface area contributed by atoms with Crippen molar-refractivity contribution in [3.8, 4) is 0 Å². The highest BCUT2D eigenvalue weighted by atomic mass is 32.2. The van der Waals surface area contributed by atoms with Gasteiger partial charge >= 0.3 is 6.43 Å². The molecule has 12 heteroatoms. The Morgan fingerprint density at radius 2 is 2.29 bits per heavy atom. The number of rotatable bonds is 4. The molecule has 150 valence electrons. The van der Waals surface area contributed by atoms with Crippen LogP contribution < -0.4 is 11.1 Å². The number of anilines is 1. The summed E-state index contributed by atoms with van der Waals surface area (Å²) in [4.78, 5) is 24.9. The molecule has 3 N–H and O–H groups in total. The molecule has 0 radical (unpaired) electrons. The summed E-state index contributed by atoms with van der Waals surface area (Å²) in [6.07, 6.45) is -1.04. The third-order valence-corrected chi connectivity index (χ3v) is 6.64. The van der Waals surface area contributed by atoms with Crippen LogP contribution in [0.15, 0.2) is 21.1 Å². The van der Waals surface area contributed by atoms with Gasteiger partial charge in [0, 0.05) is 17.1 Å². The van der Waals surface area contributed by atoms with E-state index in [4.69, 9.17) is 10.5 Å². The highest BCUT2D eigenvalue weighted by Crippen LogP contribution is 2.47. The Labute approximate surface area is 167 Å². The van der Waals surface area contributed by atoms with Crippen LogP contribution in [0, 0.1) is 5.92 Å². The Balaban J connectivity index is 1.56. The first-order valence-electron chi connectivity index (χ1n) is 8.48. The zero-order valence-electron chi connectivity index (χ0n) is 14.7. The number of thioether (sulfide) groups is 1. The third kappa shape index (κ3) is 3.51. The predicted molar refractivity (Wildman–Crippen MR) is 101 cm³/mol. The normalized spacial score (nSPS) is 27.4. The average Bonchev–Trinajstić information content (AvgIpc) is 3.32. The van der Waals surface area contributed by atoms with Crippen LogP contribution in [0.4, 0.5) is 14.6 Å². The topological polar surface area (TPSA) is 116 Å². The highest BCUT2D eigenvalue weighted by Gasteiger charge is 2.49. The predicted octanol–water partition coefficient (Wildman–Crippen LogP) is 3.00. The van der Waals surface area contributed by atoms with Crippen molar-refractivity contribution in [1.82, 2.24) is 9.97 Å². The van der Waals surface area contributed by atoms with Crippen LogP contribution in [-0.4, -0.2) is 39.5 Å². The summed E-state index contributed by atoms with van der Waals surface area (Å²) < 4.78 is 35.6. The van der Waals surface area contributed by atoms with Gasteiger partial charge in [0.15, 0.2) is 10.9 Å². The first kappa shape index (κ1) is 19.3. The third-order valence-electron chi connectivity index (χ3n) is 4.68. The Kier molecular flexibility index (Phi) is 5.10. The molecular weight excluding hydrogens is 412 g/mol. The van der Waals surface area contributed by atoms with Crippen LogP contribution in [0.3, 0.4) is 0 Å². The molecule has 2 aliphatic heterocycles. The van der Waals surface area contributed by atoms with Gasteiger partial charge < -0.3 is 20.2 Å². The number of nitrogens with one attached hydrogen (secondary N) is 1. The molecular formula is C16H17F2N5O3S2. The van der Waals surface area contributed by atoms with Crippen molar-refractivity contribution in [2.75, 3.05) is 17.7 Å². The molecule has 2 aromatic rings. The van der Waals surface area contributed by atoms with Gasteiger partial charge in [-0.05, 0) is 13.3 Å². The number of aliphatic imine (C=N–C) groups is 1. The summed E-state index contributed by atoms with van der Waals surface area (Å²) >= 11 is 2.86. The Hall–Kier alpha value is -2.05. The minimum absolute atomic E-state index is 0.128. The van der Waals surface area contributed by atoms with Crippen LogP contribution in [0.25, 0.3) is 0 Å². The van der Waals surface area contributed by atoms with E-state index < -0.39 is 23.8 Å². The summed E-state index contributed by atoms with van der Waals surface area (Å²) in [6.45, 7) is 2.39. The van der Waals surface area contributed by atoms with Crippen LogP contribution in [0.5, 0.6) is 0 Å². The number of ether oxygens (including phenoxy) is 1. The van der Waals surface area contributed by atoms with Crippen LogP contribution in [-0.2, 0) is 10.3 Å². The zero-order valence-corrected chi connectivity index (χ0v) is 16.4. The number of amides is 1. The first-order valence-corrected chi connectivity index (χ1v) is 10.3. The molecule has 1 saturated heterocycles. The molecule has 3 unspecified atom stereocenters. The van der Waals surface area contributed by atoms with E-state index in [1.807, 2.05) is 6.92 Å². The van der Waals surface area contributed by atoms with Gasteiger partial charge in [-0.1, -0.05) is 11.8 Å². The highest BCUT2D eigenvalue weighted by molar-refractivity contribution is 8.13. The lowest BCUT2D eigenvalue weighted by molar-refractivity contribution is -0.0466. The van der Waals surface area contributed by atoms with Gasteiger partial charge in [-0.2, -0.15) is 8.78 Å². The molecule has 28 heavy (non-hydrogen) atoms. The fraction of sp³-hybridized carbons (Fsp3) is 0.500. The molecule has 0 saturated carbocycles. The number of alkyl halides is 2. The van der Waals surface area contributed by atoms with Crippen molar-refractivity contribution in [2.24, 2.45) is 16.6 Å². The van der Waals surface area contributed by atoms with Crippen molar-refractivity contribution in [3.05, 3.63) is 28.2 Å². The number of carbonyl (C=O) groups excluding carboxylic acids is 1. The Bertz CT molecular complexity index is 918. The lowest BCUT2D eigenvalue weighted by Gasteiger charge is -2.44. The number of aromatic nitrogens is 2. The van der Waals surface area contributed by atoms with Crippen molar-refractivity contribution in [3.63, 3.8) is 0 Å². The van der Waals surface area contributed by atoms with Crippen molar-refractivity contribution >= 4 is 40.0 Å². The van der Waals surface area contributed by atoms with E-state index in [2.05, 4.69) is 24.7 Å². The van der Waals surface area contributed by atoms with Gasteiger partial charge in [0.2, 0.25) is 0 Å². The number of nitrogens with two attached hydrogens (primary N) is 1. The molecule has 1 fully saturated rings. The number of halogens is 2. The minimum atomic E-state index is -2.88. The fourth-order valence-electron chi connectivity index (χ4n) is 3.28. The summed E-state index contributed by atoms with van der Waals surface area (Å²) in [6, 6.07) is 0. The van der Waals surface area contributed by atoms with E-state index >= 15 is 0 Å². The number of fused-ring (bicyclic) bond motifs is 1. The molecule has 4 heterocycles. The standard InChI is InChI=1S/C16H17F2N5O3S2/c1-7-2-8-4-28-15(19)23-16(8,6-26-7)14-22-10(5-27-14)21-12(24)9-3-25-13(20-9)11(17)18/h3,5,7-8,11H,2,4,6H2,1H3,(H2,19,23)(H,21,24). The summed E-state index contributed by atoms with van der Waals surface area (Å²) in [5.41, 5.74) is 5.06. The van der Waals surface area contributed by atoms with Gasteiger partial charge in [0.1, 0.15) is 22.6 Å². The Morgan fingerprint density at radius 3 is 3.04 bits per heavy atom. The Morgan fingerprint density at radius 1 is 1.46 bits per heavy atom. The van der Waals surface area contributed by atoms with Crippen LogP contribution in [0.2, 0.25) is 0 Å². The fourth-order valence-corrected chi connectivity index (χ4v) is 5.25. The van der Waals surface area contributed by atoms with E-state index in [1.54, 1.807) is 5.38 Å². The number of oxazole rings is 1. The number of hydrogen-bond donors (Lipinski definition) is 2. The monoisotopic (exact) mass is 429 g/mol.